The van der Waals surface area contributed by atoms with Crippen LogP contribution >= 0.6 is 15.9 Å². The van der Waals surface area contributed by atoms with Gasteiger partial charge in [0.15, 0.2) is 0 Å². The zero-order valence-corrected chi connectivity index (χ0v) is 15.2. The highest BCUT2D eigenvalue weighted by Crippen LogP contribution is 2.27. The molecule has 0 unspecified atom stereocenters. The Hall–Kier alpha value is -2.67. The maximum Gasteiger partial charge on any atom is 0.271 e. The molecule has 6 nitrogen and oxygen atoms in total. The number of nitro groups is 1. The molecule has 0 bridgehead atoms. The molecule has 0 saturated heterocycles. The van der Waals surface area contributed by atoms with Gasteiger partial charge in [-0.25, -0.2) is 0 Å². The fourth-order valence-corrected chi connectivity index (χ4v) is 2.37. The van der Waals surface area contributed by atoms with Crippen molar-refractivity contribution < 1.29 is 14.5 Å². The Kier molecular flexibility index (Phi) is 6.71. The monoisotopic (exact) mass is 404 g/mol. The number of para-hydroxylation sites is 1. The van der Waals surface area contributed by atoms with Crippen molar-refractivity contribution in [2.75, 3.05) is 11.9 Å². The van der Waals surface area contributed by atoms with Gasteiger partial charge in [0, 0.05) is 28.2 Å². The van der Waals surface area contributed by atoms with Crippen LogP contribution in [0.3, 0.4) is 0 Å². The van der Waals surface area contributed by atoms with Gasteiger partial charge >= 0.3 is 0 Å². The highest BCUT2D eigenvalue weighted by Gasteiger charge is 2.11. The van der Waals surface area contributed by atoms with Crippen molar-refractivity contribution in [3.8, 4) is 5.75 Å². The van der Waals surface area contributed by atoms with E-state index in [-0.39, 0.29) is 5.69 Å². The molecule has 1 N–H and O–H groups in total. The molecule has 2 aromatic rings. The van der Waals surface area contributed by atoms with Gasteiger partial charge in [-0.05, 0) is 40.6 Å². The number of non-ortho nitro benzene ring substituents is 1. The van der Waals surface area contributed by atoms with Crippen molar-refractivity contribution in [2.24, 2.45) is 0 Å². The summed E-state index contributed by atoms with van der Waals surface area (Å²) in [5.74, 6) is 0.302. The normalized spacial score (nSPS) is 10.6. The van der Waals surface area contributed by atoms with E-state index in [1.807, 2.05) is 31.2 Å². The molecule has 25 heavy (non-hydrogen) atoms. The highest BCUT2D eigenvalue weighted by molar-refractivity contribution is 9.10. The Morgan fingerprint density at radius 1 is 1.32 bits per heavy atom. The van der Waals surface area contributed by atoms with Crippen LogP contribution in [-0.2, 0) is 4.79 Å². The first kappa shape index (κ1) is 18.7. The average molecular weight is 405 g/mol. The summed E-state index contributed by atoms with van der Waals surface area (Å²) in [4.78, 5) is 22.4. The lowest BCUT2D eigenvalue weighted by molar-refractivity contribution is -0.384. The molecule has 0 radical (unpaired) electrons. The summed E-state index contributed by atoms with van der Waals surface area (Å²) in [5, 5.41) is 13.5. The quantitative estimate of drug-likeness (QED) is 0.408. The fraction of sp³-hybridized carbons (Fsp3) is 0.167. The Morgan fingerprint density at radius 3 is 2.80 bits per heavy atom. The first-order valence-electron chi connectivity index (χ1n) is 7.66. The Bertz CT molecular complexity index is 805. The first-order valence-corrected chi connectivity index (χ1v) is 8.45. The molecule has 0 aromatic heterocycles. The third kappa shape index (κ3) is 5.42. The summed E-state index contributed by atoms with van der Waals surface area (Å²) in [6.45, 7) is 2.61. The van der Waals surface area contributed by atoms with E-state index in [0.29, 0.717) is 22.5 Å². The van der Waals surface area contributed by atoms with E-state index in [0.717, 1.165) is 12.0 Å². The minimum absolute atomic E-state index is 0.0965. The third-order valence-electron chi connectivity index (χ3n) is 3.21. The first-order chi connectivity index (χ1) is 12.0. The van der Waals surface area contributed by atoms with E-state index < -0.39 is 10.8 Å². The van der Waals surface area contributed by atoms with E-state index in [1.54, 1.807) is 6.08 Å². The molecule has 0 atom stereocenters. The molecule has 0 aliphatic rings. The lowest BCUT2D eigenvalue weighted by atomic mass is 10.2. The molecular weight excluding hydrogens is 388 g/mol. The highest BCUT2D eigenvalue weighted by atomic mass is 79.9. The van der Waals surface area contributed by atoms with Crippen LogP contribution < -0.4 is 10.1 Å². The lowest BCUT2D eigenvalue weighted by Gasteiger charge is -2.08. The Balaban J connectivity index is 2.12. The van der Waals surface area contributed by atoms with Gasteiger partial charge in [0.05, 0.1) is 17.2 Å². The molecule has 0 aliphatic carbocycles. The molecule has 0 heterocycles. The molecule has 2 rings (SSSR count). The van der Waals surface area contributed by atoms with Crippen molar-refractivity contribution in [1.29, 1.82) is 0 Å². The zero-order chi connectivity index (χ0) is 18.2. The number of nitro benzene ring substituents is 1. The van der Waals surface area contributed by atoms with Crippen molar-refractivity contribution in [1.82, 2.24) is 0 Å². The van der Waals surface area contributed by atoms with E-state index in [9.17, 15) is 14.9 Å². The largest absolute Gasteiger partial charge is 0.493 e. The number of hydrogen-bond acceptors (Lipinski definition) is 4. The number of nitrogens with one attached hydrogen (secondary N) is 1. The fourth-order valence-electron chi connectivity index (χ4n) is 2.02. The maximum atomic E-state index is 12.1. The second kappa shape index (κ2) is 8.98. The number of carbonyl (C=O) groups excluding carboxylic acids is 1. The van der Waals surface area contributed by atoms with Gasteiger partial charge < -0.3 is 10.1 Å². The van der Waals surface area contributed by atoms with Crippen LogP contribution in [0.25, 0.3) is 6.08 Å². The smallest absolute Gasteiger partial charge is 0.271 e. The number of rotatable bonds is 7. The van der Waals surface area contributed by atoms with E-state index in [1.165, 1.54) is 24.3 Å². The van der Waals surface area contributed by atoms with Crippen LogP contribution in [0.1, 0.15) is 18.9 Å². The molecule has 0 aliphatic heterocycles. The van der Waals surface area contributed by atoms with Crippen LogP contribution in [0.15, 0.2) is 53.0 Å². The van der Waals surface area contributed by atoms with Crippen molar-refractivity contribution in [3.05, 3.63) is 68.7 Å². The van der Waals surface area contributed by atoms with Gasteiger partial charge in [-0.3, -0.25) is 14.9 Å². The summed E-state index contributed by atoms with van der Waals surface area (Å²) < 4.78 is 6.19. The summed E-state index contributed by atoms with van der Waals surface area (Å²) in [6.07, 6.45) is 3.89. The number of anilines is 1. The predicted octanol–water partition coefficient (Wildman–Crippen LogP) is 4.80. The number of amides is 1. The van der Waals surface area contributed by atoms with Crippen LogP contribution in [0, 0.1) is 10.1 Å². The number of carbonyl (C=O) groups is 1. The second-order valence-corrected chi connectivity index (χ2v) is 5.98. The number of halogens is 1. The van der Waals surface area contributed by atoms with Crippen molar-refractivity contribution in [3.63, 3.8) is 0 Å². The molecular formula is C18H17BrN2O4. The van der Waals surface area contributed by atoms with Crippen LogP contribution in [0.5, 0.6) is 5.75 Å². The molecule has 1 amide bonds. The van der Waals surface area contributed by atoms with E-state index >= 15 is 0 Å². The summed E-state index contributed by atoms with van der Waals surface area (Å²) in [5.41, 5.74) is 1.02. The van der Waals surface area contributed by atoms with Crippen LogP contribution in [-0.4, -0.2) is 17.4 Å². The number of nitrogens with zero attached hydrogens (tertiary/aromatic N) is 1. The molecule has 0 fully saturated rings. The molecule has 7 heteroatoms. The van der Waals surface area contributed by atoms with Crippen LogP contribution in [0.4, 0.5) is 11.4 Å². The van der Waals surface area contributed by atoms with Crippen molar-refractivity contribution >= 4 is 39.3 Å². The topological polar surface area (TPSA) is 81.5 Å². The molecule has 0 saturated carbocycles. The van der Waals surface area contributed by atoms with E-state index in [2.05, 4.69) is 21.2 Å². The summed E-state index contributed by atoms with van der Waals surface area (Å²) >= 11 is 3.26. The van der Waals surface area contributed by atoms with Gasteiger partial charge in [0.1, 0.15) is 5.75 Å². The maximum absolute atomic E-state index is 12.1. The minimum atomic E-state index is -0.515. The predicted molar refractivity (Wildman–Crippen MR) is 101 cm³/mol. The zero-order valence-electron chi connectivity index (χ0n) is 13.6. The number of hydrogen-bond donors (Lipinski definition) is 1. The van der Waals surface area contributed by atoms with Gasteiger partial charge in [0.2, 0.25) is 5.91 Å². The van der Waals surface area contributed by atoms with Gasteiger partial charge in [0.25, 0.3) is 5.69 Å². The molecule has 130 valence electrons. The Labute approximate surface area is 153 Å². The Morgan fingerprint density at radius 2 is 2.08 bits per heavy atom. The lowest BCUT2D eigenvalue weighted by Crippen LogP contribution is -2.08. The van der Waals surface area contributed by atoms with Gasteiger partial charge in [-0.1, -0.05) is 25.1 Å². The van der Waals surface area contributed by atoms with Gasteiger partial charge in [-0.15, -0.1) is 0 Å². The SMILES string of the molecule is CCCOc1ccccc1/C=C/C(=O)Nc1cc([N+](=O)[O-])ccc1Br. The third-order valence-corrected chi connectivity index (χ3v) is 3.91. The summed E-state index contributed by atoms with van der Waals surface area (Å²) in [6, 6.07) is 11.6. The standard InChI is InChI=1S/C18H17BrN2O4/c1-2-11-25-17-6-4-3-5-13(17)7-10-18(22)20-16-12-14(21(23)24)8-9-15(16)19/h3-10,12H,2,11H2,1H3,(H,20,22)/b10-7+. The van der Waals surface area contributed by atoms with Gasteiger partial charge in [-0.2, -0.15) is 0 Å². The van der Waals surface area contributed by atoms with Crippen LogP contribution in [0.2, 0.25) is 0 Å². The van der Waals surface area contributed by atoms with E-state index in [4.69, 9.17) is 4.74 Å². The van der Waals surface area contributed by atoms with Crippen molar-refractivity contribution in [2.45, 2.75) is 13.3 Å². The minimum Gasteiger partial charge on any atom is -0.493 e. The average Bonchev–Trinajstić information content (AvgIpc) is 2.60. The second-order valence-electron chi connectivity index (χ2n) is 5.13. The summed E-state index contributed by atoms with van der Waals surface area (Å²) in [7, 11) is 0. The molecule has 2 aromatic carbocycles. The number of benzene rings is 2. The number of ether oxygens (including phenoxy) is 1. The molecule has 0 spiro atoms.